The van der Waals surface area contributed by atoms with E-state index in [9.17, 15) is 22.8 Å². The second-order valence-electron chi connectivity index (χ2n) is 3.05. The number of carbonyl (C=O) groups is 1. The molecule has 1 aromatic heterocycles. The maximum absolute atomic E-state index is 12.5. The van der Waals surface area contributed by atoms with Gasteiger partial charge in [0.15, 0.2) is 0 Å². The molecule has 1 atom stereocenters. The lowest BCUT2D eigenvalue weighted by Crippen LogP contribution is -2.27. The number of alkyl halides is 3. The van der Waals surface area contributed by atoms with E-state index in [0.717, 1.165) is 6.20 Å². The predicted octanol–water partition coefficient (Wildman–Crippen LogP) is 0.788. The molecule has 0 aliphatic carbocycles. The van der Waals surface area contributed by atoms with Gasteiger partial charge in [-0.25, -0.2) is 5.10 Å². The number of anilines is 1. The van der Waals surface area contributed by atoms with Gasteiger partial charge in [-0.1, -0.05) is 0 Å². The van der Waals surface area contributed by atoms with Crippen LogP contribution in [0.25, 0.3) is 0 Å². The summed E-state index contributed by atoms with van der Waals surface area (Å²) in [5, 5.41) is 7.15. The lowest BCUT2D eigenvalue weighted by atomic mass is 10.2. The highest BCUT2D eigenvalue weighted by Crippen LogP contribution is 2.31. The van der Waals surface area contributed by atoms with Crippen molar-refractivity contribution in [1.29, 1.82) is 0 Å². The summed E-state index contributed by atoms with van der Waals surface area (Å²) < 4.78 is 37.5. The predicted molar refractivity (Wildman–Crippen MR) is 49.0 cm³/mol. The summed E-state index contributed by atoms with van der Waals surface area (Å²) >= 11 is 0. The van der Waals surface area contributed by atoms with Crippen molar-refractivity contribution in [2.45, 2.75) is 19.1 Å². The lowest BCUT2D eigenvalue weighted by Gasteiger charge is -2.14. The maximum Gasteiger partial charge on any atom is 0.423 e. The van der Waals surface area contributed by atoms with Gasteiger partial charge in [0.1, 0.15) is 11.8 Å². The molecule has 0 bridgehead atoms. The average molecular weight is 235 g/mol. The summed E-state index contributed by atoms with van der Waals surface area (Å²) in [6, 6.07) is -0.843. The standard InChI is InChI=1S/C8H8F3N3O2/c1-4(3-15)13-5-2-12-14-7(16)6(5)8(9,10)11/h2-4H,1H3,(H2,13,14,16)/t4-/m0/s1. The largest absolute Gasteiger partial charge is 0.423 e. The number of aromatic nitrogens is 2. The van der Waals surface area contributed by atoms with Crippen molar-refractivity contribution in [3.05, 3.63) is 22.1 Å². The van der Waals surface area contributed by atoms with E-state index in [1.54, 1.807) is 5.10 Å². The van der Waals surface area contributed by atoms with Crippen molar-refractivity contribution >= 4 is 12.0 Å². The number of aldehydes is 1. The zero-order chi connectivity index (χ0) is 12.3. The van der Waals surface area contributed by atoms with Gasteiger partial charge in [0.05, 0.1) is 17.9 Å². The van der Waals surface area contributed by atoms with E-state index in [4.69, 9.17) is 0 Å². The second-order valence-corrected chi connectivity index (χ2v) is 3.05. The fraction of sp³-hybridized carbons (Fsp3) is 0.375. The van der Waals surface area contributed by atoms with Crippen LogP contribution in [0.4, 0.5) is 18.9 Å². The molecule has 0 saturated heterocycles. The second kappa shape index (κ2) is 4.33. The van der Waals surface area contributed by atoms with Crippen LogP contribution in [0.2, 0.25) is 0 Å². The molecule has 5 nitrogen and oxygen atoms in total. The highest BCUT2D eigenvalue weighted by atomic mass is 19.4. The van der Waals surface area contributed by atoms with E-state index < -0.39 is 29.0 Å². The molecule has 0 aliphatic heterocycles. The Kier molecular flexibility index (Phi) is 3.31. The number of aromatic amines is 1. The smallest absolute Gasteiger partial charge is 0.374 e. The summed E-state index contributed by atoms with van der Waals surface area (Å²) in [5.74, 6) is 0. The maximum atomic E-state index is 12.5. The summed E-state index contributed by atoms with van der Waals surface area (Å²) in [5.41, 5.74) is -3.26. The molecule has 0 fully saturated rings. The number of nitrogens with zero attached hydrogens (tertiary/aromatic N) is 1. The SMILES string of the molecule is C[C@@H](C=O)Nc1cn[nH]c(=O)c1C(F)(F)F. The third-order valence-corrected chi connectivity index (χ3v) is 1.73. The molecule has 8 heteroatoms. The van der Waals surface area contributed by atoms with Gasteiger partial charge < -0.3 is 10.1 Å². The minimum absolute atomic E-state index is 0.418. The zero-order valence-corrected chi connectivity index (χ0v) is 8.13. The number of hydrogen-bond acceptors (Lipinski definition) is 4. The normalized spacial score (nSPS) is 13.2. The molecule has 1 rings (SSSR count). The monoisotopic (exact) mass is 235 g/mol. The van der Waals surface area contributed by atoms with Crippen molar-refractivity contribution in [1.82, 2.24) is 10.2 Å². The van der Waals surface area contributed by atoms with Gasteiger partial charge in [-0.05, 0) is 6.92 Å². The minimum Gasteiger partial charge on any atom is -0.374 e. The Bertz CT molecular complexity index is 441. The molecule has 0 aliphatic rings. The van der Waals surface area contributed by atoms with Crippen LogP contribution >= 0.6 is 0 Å². The molecular formula is C8H8F3N3O2. The molecule has 0 aromatic carbocycles. The summed E-state index contributed by atoms with van der Waals surface area (Å²) in [7, 11) is 0. The Morgan fingerprint density at radius 2 is 2.19 bits per heavy atom. The van der Waals surface area contributed by atoms with Gasteiger partial charge in [-0.2, -0.15) is 18.3 Å². The third-order valence-electron chi connectivity index (χ3n) is 1.73. The number of halogens is 3. The third kappa shape index (κ3) is 2.59. The summed E-state index contributed by atoms with van der Waals surface area (Å²) in [6.07, 6.45) is -3.58. The number of rotatable bonds is 3. The van der Waals surface area contributed by atoms with Crippen LogP contribution in [0, 0.1) is 0 Å². The van der Waals surface area contributed by atoms with Crippen LogP contribution in [-0.2, 0) is 11.0 Å². The first kappa shape index (κ1) is 12.2. The molecule has 0 unspecified atom stereocenters. The molecule has 2 N–H and O–H groups in total. The molecule has 0 saturated carbocycles. The van der Waals surface area contributed by atoms with E-state index in [2.05, 4.69) is 10.4 Å². The van der Waals surface area contributed by atoms with Gasteiger partial charge in [0.25, 0.3) is 5.56 Å². The topological polar surface area (TPSA) is 74.8 Å². The highest BCUT2D eigenvalue weighted by Gasteiger charge is 2.37. The Morgan fingerprint density at radius 3 is 2.69 bits per heavy atom. The van der Waals surface area contributed by atoms with Crippen molar-refractivity contribution < 1.29 is 18.0 Å². The Labute approximate surface area is 87.7 Å². The first-order valence-electron chi connectivity index (χ1n) is 4.23. The Morgan fingerprint density at radius 1 is 1.56 bits per heavy atom. The van der Waals surface area contributed by atoms with Crippen LogP contribution in [0.15, 0.2) is 11.0 Å². The van der Waals surface area contributed by atoms with E-state index in [0.29, 0.717) is 6.29 Å². The highest BCUT2D eigenvalue weighted by molar-refractivity contribution is 5.64. The molecule has 88 valence electrons. The number of hydrogen-bond donors (Lipinski definition) is 2. The fourth-order valence-electron chi connectivity index (χ4n) is 1.07. The lowest BCUT2D eigenvalue weighted by molar-refractivity contribution is -0.138. The molecule has 0 radical (unpaired) electrons. The van der Waals surface area contributed by atoms with Gasteiger partial charge in [-0.15, -0.1) is 0 Å². The molecule has 0 amide bonds. The average Bonchev–Trinajstić information content (AvgIpc) is 2.15. The Hall–Kier alpha value is -1.86. The van der Waals surface area contributed by atoms with Gasteiger partial charge in [-0.3, -0.25) is 4.79 Å². The van der Waals surface area contributed by atoms with Crippen molar-refractivity contribution in [3.8, 4) is 0 Å². The first-order valence-corrected chi connectivity index (χ1v) is 4.23. The molecule has 1 heterocycles. The van der Waals surface area contributed by atoms with Gasteiger partial charge >= 0.3 is 6.18 Å². The first-order chi connectivity index (χ1) is 7.36. The van der Waals surface area contributed by atoms with E-state index in [1.165, 1.54) is 6.92 Å². The van der Waals surface area contributed by atoms with Crippen LogP contribution in [0.1, 0.15) is 12.5 Å². The van der Waals surface area contributed by atoms with E-state index >= 15 is 0 Å². The van der Waals surface area contributed by atoms with Crippen LogP contribution in [0.5, 0.6) is 0 Å². The number of nitrogens with one attached hydrogen (secondary N) is 2. The summed E-state index contributed by atoms with van der Waals surface area (Å²) in [4.78, 5) is 21.3. The minimum atomic E-state index is -4.80. The van der Waals surface area contributed by atoms with E-state index in [-0.39, 0.29) is 0 Å². The van der Waals surface area contributed by atoms with Gasteiger partial charge in [0, 0.05) is 0 Å². The van der Waals surface area contributed by atoms with Crippen LogP contribution in [-0.4, -0.2) is 22.5 Å². The number of carbonyl (C=O) groups excluding carboxylic acids is 1. The van der Waals surface area contributed by atoms with Crippen molar-refractivity contribution in [2.75, 3.05) is 5.32 Å². The summed E-state index contributed by atoms with van der Waals surface area (Å²) in [6.45, 7) is 1.36. The van der Waals surface area contributed by atoms with Crippen LogP contribution in [0.3, 0.4) is 0 Å². The molecule has 0 spiro atoms. The molecule has 1 aromatic rings. The number of H-pyrrole nitrogens is 1. The van der Waals surface area contributed by atoms with Gasteiger partial charge in [0.2, 0.25) is 0 Å². The van der Waals surface area contributed by atoms with Crippen molar-refractivity contribution in [3.63, 3.8) is 0 Å². The molecular weight excluding hydrogens is 227 g/mol. The quantitative estimate of drug-likeness (QED) is 0.759. The van der Waals surface area contributed by atoms with E-state index in [1.807, 2.05) is 0 Å². The van der Waals surface area contributed by atoms with Crippen molar-refractivity contribution in [2.24, 2.45) is 0 Å². The Balaban J connectivity index is 3.24. The zero-order valence-electron chi connectivity index (χ0n) is 8.13. The fourth-order valence-corrected chi connectivity index (χ4v) is 1.07. The van der Waals surface area contributed by atoms with Crippen LogP contribution < -0.4 is 10.9 Å². The molecule has 16 heavy (non-hydrogen) atoms.